The van der Waals surface area contributed by atoms with Gasteiger partial charge in [0.25, 0.3) is 0 Å². The highest BCUT2D eigenvalue weighted by atomic mass is 19.4. The summed E-state index contributed by atoms with van der Waals surface area (Å²) in [7, 11) is 1.70. The molecule has 142 valence electrons. The van der Waals surface area contributed by atoms with Crippen LogP contribution in [-0.4, -0.2) is 32.2 Å². The Morgan fingerprint density at radius 3 is 2.19 bits per heavy atom. The number of hydrogen-bond acceptors (Lipinski definition) is 4. The maximum Gasteiger partial charge on any atom is 0.416 e. The lowest BCUT2D eigenvalue weighted by atomic mass is 10.2. The van der Waals surface area contributed by atoms with Crippen LogP contribution in [0.1, 0.15) is 17.0 Å². The first-order valence-electron chi connectivity index (χ1n) is 7.81. The molecule has 10 heteroatoms. The van der Waals surface area contributed by atoms with Crippen LogP contribution in [0.2, 0.25) is 0 Å². The predicted molar refractivity (Wildman–Crippen MR) is 85.7 cm³/mol. The van der Waals surface area contributed by atoms with Crippen LogP contribution in [0.15, 0.2) is 42.5 Å². The van der Waals surface area contributed by atoms with E-state index in [-0.39, 0.29) is 13.1 Å². The van der Waals surface area contributed by atoms with Crippen molar-refractivity contribution >= 4 is 0 Å². The zero-order chi connectivity index (χ0) is 19.6. The molecule has 0 fully saturated rings. The first kappa shape index (κ1) is 18.9. The number of hydrogen-bond donors (Lipinski definition) is 0. The van der Waals surface area contributed by atoms with Gasteiger partial charge in [-0.2, -0.15) is 17.9 Å². The molecular weight excluding hydrogens is 369 g/mol. The molecule has 0 aliphatic rings. The topological polar surface area (TPSA) is 46.8 Å². The lowest BCUT2D eigenvalue weighted by molar-refractivity contribution is -0.137. The van der Waals surface area contributed by atoms with Crippen molar-refractivity contribution in [3.63, 3.8) is 0 Å². The molecule has 0 radical (unpaired) electrons. The normalized spacial score (nSPS) is 12.0. The van der Waals surface area contributed by atoms with E-state index in [1.165, 1.54) is 28.9 Å². The molecule has 3 aromatic rings. The standard InChI is InChI=1S/C17H14F5N5/c1-26(9-11-6-13(18)8-14(19)7-11)10-16-23-24-25-27(16)15-4-2-12(3-5-15)17(20,21)22/h2-8H,9-10H2,1H3. The molecule has 2 aromatic carbocycles. The van der Waals surface area contributed by atoms with Crippen LogP contribution < -0.4 is 0 Å². The van der Waals surface area contributed by atoms with Crippen molar-refractivity contribution in [3.05, 3.63) is 71.1 Å². The summed E-state index contributed by atoms with van der Waals surface area (Å²) in [6.07, 6.45) is -4.43. The molecule has 0 unspecified atom stereocenters. The fraction of sp³-hybridized carbons (Fsp3) is 0.235. The quantitative estimate of drug-likeness (QED) is 0.632. The first-order chi connectivity index (χ1) is 12.7. The molecule has 0 saturated heterocycles. The third kappa shape index (κ3) is 4.64. The summed E-state index contributed by atoms with van der Waals surface area (Å²) in [4.78, 5) is 1.72. The first-order valence-corrected chi connectivity index (χ1v) is 7.81. The maximum atomic E-state index is 13.3. The Balaban J connectivity index is 1.75. The Labute approximate surface area is 151 Å². The lowest BCUT2D eigenvalue weighted by Gasteiger charge is -2.16. The third-order valence-corrected chi connectivity index (χ3v) is 3.76. The molecule has 0 bridgehead atoms. The lowest BCUT2D eigenvalue weighted by Crippen LogP contribution is -2.20. The Hall–Kier alpha value is -2.88. The minimum absolute atomic E-state index is 0.214. The second-order valence-electron chi connectivity index (χ2n) is 6.00. The summed E-state index contributed by atoms with van der Waals surface area (Å²) < 4.78 is 65.9. The Bertz CT molecular complexity index is 900. The summed E-state index contributed by atoms with van der Waals surface area (Å²) >= 11 is 0. The molecule has 1 aromatic heterocycles. The van der Waals surface area contributed by atoms with E-state index in [9.17, 15) is 22.0 Å². The molecule has 0 saturated carbocycles. The van der Waals surface area contributed by atoms with Crippen LogP contribution >= 0.6 is 0 Å². The van der Waals surface area contributed by atoms with Gasteiger partial charge in [-0.25, -0.2) is 8.78 Å². The fourth-order valence-corrected chi connectivity index (χ4v) is 2.61. The average Bonchev–Trinajstić information content (AvgIpc) is 3.01. The highest BCUT2D eigenvalue weighted by Gasteiger charge is 2.30. The van der Waals surface area contributed by atoms with Gasteiger partial charge in [-0.15, -0.1) is 5.10 Å². The molecule has 0 aliphatic carbocycles. The zero-order valence-electron chi connectivity index (χ0n) is 14.1. The van der Waals surface area contributed by atoms with Gasteiger partial charge in [-0.1, -0.05) is 0 Å². The van der Waals surface area contributed by atoms with E-state index < -0.39 is 23.4 Å². The van der Waals surface area contributed by atoms with E-state index in [1.807, 2.05) is 0 Å². The van der Waals surface area contributed by atoms with Crippen molar-refractivity contribution < 1.29 is 22.0 Å². The number of halogens is 5. The van der Waals surface area contributed by atoms with Crippen molar-refractivity contribution in [2.24, 2.45) is 0 Å². The number of tetrazole rings is 1. The summed E-state index contributed by atoms with van der Waals surface area (Å²) in [5, 5.41) is 11.2. The molecule has 0 amide bonds. The van der Waals surface area contributed by atoms with Gasteiger partial charge in [0, 0.05) is 12.6 Å². The number of benzene rings is 2. The fourth-order valence-electron chi connectivity index (χ4n) is 2.61. The molecule has 3 rings (SSSR count). The summed E-state index contributed by atoms with van der Waals surface area (Å²) in [5.41, 5.74) is 0.0304. The van der Waals surface area contributed by atoms with E-state index in [2.05, 4.69) is 15.5 Å². The van der Waals surface area contributed by atoms with Gasteiger partial charge in [-0.05, 0) is 59.4 Å². The number of nitrogens with zero attached hydrogens (tertiary/aromatic N) is 5. The average molecular weight is 383 g/mol. The minimum atomic E-state index is -4.43. The van der Waals surface area contributed by atoms with Gasteiger partial charge in [0.05, 0.1) is 17.8 Å². The molecule has 27 heavy (non-hydrogen) atoms. The maximum absolute atomic E-state index is 13.3. The molecule has 0 N–H and O–H groups in total. The SMILES string of the molecule is CN(Cc1cc(F)cc(F)c1)Cc1nnnn1-c1ccc(C(F)(F)F)cc1. The molecule has 0 spiro atoms. The van der Waals surface area contributed by atoms with E-state index in [1.54, 1.807) is 11.9 Å². The van der Waals surface area contributed by atoms with E-state index in [0.29, 0.717) is 17.1 Å². The monoisotopic (exact) mass is 383 g/mol. The van der Waals surface area contributed by atoms with Crippen molar-refractivity contribution in [2.75, 3.05) is 7.05 Å². The second-order valence-corrected chi connectivity index (χ2v) is 6.00. The van der Waals surface area contributed by atoms with E-state index in [0.717, 1.165) is 18.2 Å². The second kappa shape index (κ2) is 7.39. The van der Waals surface area contributed by atoms with Gasteiger partial charge in [0.1, 0.15) is 11.6 Å². The summed E-state index contributed by atoms with van der Waals surface area (Å²) in [5.74, 6) is -0.977. The molecule has 5 nitrogen and oxygen atoms in total. The van der Waals surface area contributed by atoms with Crippen LogP contribution in [-0.2, 0) is 19.3 Å². The molecule has 0 aliphatic heterocycles. The van der Waals surface area contributed by atoms with Crippen LogP contribution in [0, 0.1) is 11.6 Å². The number of aromatic nitrogens is 4. The van der Waals surface area contributed by atoms with Crippen LogP contribution in [0.25, 0.3) is 5.69 Å². The smallest absolute Gasteiger partial charge is 0.295 e. The van der Waals surface area contributed by atoms with Gasteiger partial charge >= 0.3 is 6.18 Å². The van der Waals surface area contributed by atoms with Crippen molar-refractivity contribution in [3.8, 4) is 5.69 Å². The van der Waals surface area contributed by atoms with Gasteiger partial charge in [0.2, 0.25) is 0 Å². The minimum Gasteiger partial charge on any atom is -0.295 e. The highest BCUT2D eigenvalue weighted by Crippen LogP contribution is 2.29. The number of alkyl halides is 3. The van der Waals surface area contributed by atoms with E-state index >= 15 is 0 Å². The van der Waals surface area contributed by atoms with Gasteiger partial charge in [-0.3, -0.25) is 4.90 Å². The third-order valence-electron chi connectivity index (χ3n) is 3.76. The molecular formula is C17H14F5N5. The number of rotatable bonds is 5. The van der Waals surface area contributed by atoms with Gasteiger partial charge in [0.15, 0.2) is 5.82 Å². The summed E-state index contributed by atoms with van der Waals surface area (Å²) in [6.45, 7) is 0.445. The van der Waals surface area contributed by atoms with Crippen molar-refractivity contribution in [2.45, 2.75) is 19.3 Å². The van der Waals surface area contributed by atoms with Crippen molar-refractivity contribution in [1.29, 1.82) is 0 Å². The van der Waals surface area contributed by atoms with Crippen LogP contribution in [0.5, 0.6) is 0 Å². The van der Waals surface area contributed by atoms with Gasteiger partial charge < -0.3 is 0 Å². The Morgan fingerprint density at radius 1 is 0.963 bits per heavy atom. The largest absolute Gasteiger partial charge is 0.416 e. The van der Waals surface area contributed by atoms with Crippen molar-refractivity contribution in [1.82, 2.24) is 25.1 Å². The van der Waals surface area contributed by atoms with Crippen LogP contribution in [0.4, 0.5) is 22.0 Å². The highest BCUT2D eigenvalue weighted by molar-refractivity contribution is 5.35. The Morgan fingerprint density at radius 2 is 1.59 bits per heavy atom. The molecule has 0 atom stereocenters. The molecule has 1 heterocycles. The Kier molecular flexibility index (Phi) is 5.17. The zero-order valence-corrected chi connectivity index (χ0v) is 14.1. The van der Waals surface area contributed by atoms with Crippen LogP contribution in [0.3, 0.4) is 0 Å². The summed E-state index contributed by atoms with van der Waals surface area (Å²) in [6, 6.07) is 7.65. The predicted octanol–water partition coefficient (Wildman–Crippen LogP) is 3.59. The van der Waals surface area contributed by atoms with E-state index in [4.69, 9.17) is 0 Å².